The van der Waals surface area contributed by atoms with E-state index in [4.69, 9.17) is 9.47 Å². The maximum Gasteiger partial charge on any atom is 0.242 e. The summed E-state index contributed by atoms with van der Waals surface area (Å²) in [5.41, 5.74) is 1.81. The fourth-order valence-corrected chi connectivity index (χ4v) is 4.75. The Morgan fingerprint density at radius 2 is 1.74 bits per heavy atom. The molecule has 0 fully saturated rings. The molecular weight excluding hydrogens is 436 g/mol. The van der Waals surface area contributed by atoms with E-state index in [9.17, 15) is 8.42 Å². The Bertz CT molecular complexity index is 1100. The summed E-state index contributed by atoms with van der Waals surface area (Å²) in [7, 11) is 2.58. The van der Waals surface area contributed by atoms with Crippen molar-refractivity contribution in [2.24, 2.45) is 0 Å². The van der Waals surface area contributed by atoms with Crippen molar-refractivity contribution in [2.75, 3.05) is 28.3 Å². The van der Waals surface area contributed by atoms with Crippen LogP contribution in [0.5, 0.6) is 0 Å². The number of hydrogen-bond acceptors (Lipinski definition) is 7. The van der Waals surface area contributed by atoms with Gasteiger partial charge < -0.3 is 9.47 Å². The first-order valence-corrected chi connectivity index (χ1v) is 12.0. The summed E-state index contributed by atoms with van der Waals surface area (Å²) in [5.74, 6) is 1.27. The molecule has 0 aliphatic heterocycles. The van der Waals surface area contributed by atoms with Crippen LogP contribution in [0.2, 0.25) is 0 Å². The third kappa shape index (κ3) is 5.52. The molecule has 0 saturated carbocycles. The zero-order valence-corrected chi connectivity index (χ0v) is 19.6. The van der Waals surface area contributed by atoms with Crippen molar-refractivity contribution < 1.29 is 17.9 Å². The Hall–Kier alpha value is -2.24. The summed E-state index contributed by atoms with van der Waals surface area (Å²) in [6, 6.07) is 16.8. The predicted molar refractivity (Wildman–Crippen MR) is 120 cm³/mol. The van der Waals surface area contributed by atoms with Gasteiger partial charge in [-0.2, -0.15) is 0 Å². The fraction of sp³-hybridized carbons (Fsp3) is 0.333. The number of thioether (sulfide) groups is 1. The number of rotatable bonds is 10. The van der Waals surface area contributed by atoms with Crippen LogP contribution in [-0.4, -0.2) is 62.1 Å². The van der Waals surface area contributed by atoms with E-state index in [0.29, 0.717) is 23.1 Å². The van der Waals surface area contributed by atoms with Crippen LogP contribution in [0.1, 0.15) is 5.56 Å². The molecule has 1 aromatic heterocycles. The summed E-state index contributed by atoms with van der Waals surface area (Å²) < 4.78 is 39.0. The van der Waals surface area contributed by atoms with Gasteiger partial charge in [0, 0.05) is 39.6 Å². The quantitative estimate of drug-likeness (QED) is 0.338. The highest BCUT2D eigenvalue weighted by atomic mass is 32.2. The molecule has 166 valence electrons. The fourth-order valence-electron chi connectivity index (χ4n) is 2.90. The minimum atomic E-state index is -3.57. The lowest BCUT2D eigenvalue weighted by Crippen LogP contribution is -2.22. The van der Waals surface area contributed by atoms with E-state index in [1.54, 1.807) is 44.2 Å². The standard InChI is InChI=1S/C21H26N4O4S2/c1-24(2)31(26,27)18-12-8-11-17(13-18)20-22-23-21(25(20)14-19(28-3)29-4)30-15-16-9-6-5-7-10-16/h5-13,19H,14-15H2,1-4H3. The molecule has 3 rings (SSSR count). The average Bonchev–Trinajstić information content (AvgIpc) is 3.19. The lowest BCUT2D eigenvalue weighted by molar-refractivity contribution is -0.111. The molecule has 0 N–H and O–H groups in total. The van der Waals surface area contributed by atoms with Crippen LogP contribution in [0.3, 0.4) is 0 Å². The van der Waals surface area contributed by atoms with Crippen molar-refractivity contribution in [1.29, 1.82) is 0 Å². The Labute approximate surface area is 187 Å². The first-order valence-electron chi connectivity index (χ1n) is 9.55. The molecule has 0 bridgehead atoms. The Balaban J connectivity index is 1.99. The third-order valence-corrected chi connectivity index (χ3v) is 7.50. The molecule has 2 aromatic carbocycles. The average molecular weight is 463 g/mol. The molecule has 8 nitrogen and oxygen atoms in total. The minimum Gasteiger partial charge on any atom is -0.354 e. The molecule has 0 unspecified atom stereocenters. The van der Waals surface area contributed by atoms with Gasteiger partial charge in [0.05, 0.1) is 11.4 Å². The van der Waals surface area contributed by atoms with Crippen LogP contribution < -0.4 is 0 Å². The molecule has 0 aliphatic carbocycles. The van der Waals surface area contributed by atoms with Gasteiger partial charge in [-0.25, -0.2) is 12.7 Å². The number of benzene rings is 2. The van der Waals surface area contributed by atoms with Crippen LogP contribution >= 0.6 is 11.8 Å². The van der Waals surface area contributed by atoms with Gasteiger partial charge in [0.25, 0.3) is 0 Å². The first kappa shape index (κ1) is 23.4. The van der Waals surface area contributed by atoms with Crippen molar-refractivity contribution >= 4 is 21.8 Å². The van der Waals surface area contributed by atoms with Crippen molar-refractivity contribution in [1.82, 2.24) is 19.1 Å². The topological polar surface area (TPSA) is 86.5 Å². The van der Waals surface area contributed by atoms with E-state index in [1.165, 1.54) is 18.4 Å². The number of aromatic nitrogens is 3. The van der Waals surface area contributed by atoms with Crippen molar-refractivity contribution in [2.45, 2.75) is 28.6 Å². The normalized spacial score (nSPS) is 12.1. The maximum absolute atomic E-state index is 12.6. The molecule has 3 aromatic rings. The van der Waals surface area contributed by atoms with Crippen LogP contribution in [0, 0.1) is 0 Å². The lowest BCUT2D eigenvalue weighted by Gasteiger charge is -2.17. The van der Waals surface area contributed by atoms with Crippen molar-refractivity contribution in [3.63, 3.8) is 0 Å². The molecule has 0 radical (unpaired) electrons. The van der Waals surface area contributed by atoms with Gasteiger partial charge in [-0.05, 0) is 17.7 Å². The summed E-state index contributed by atoms with van der Waals surface area (Å²) in [6.07, 6.45) is -0.500. The van der Waals surface area contributed by atoms with Gasteiger partial charge in [-0.3, -0.25) is 4.57 Å². The van der Waals surface area contributed by atoms with E-state index in [2.05, 4.69) is 22.3 Å². The highest BCUT2D eigenvalue weighted by Crippen LogP contribution is 2.28. The van der Waals surface area contributed by atoms with Crippen molar-refractivity contribution in [3.8, 4) is 11.4 Å². The summed E-state index contributed by atoms with van der Waals surface area (Å²) >= 11 is 1.55. The molecule has 1 heterocycles. The SMILES string of the molecule is COC(Cn1c(SCc2ccccc2)nnc1-c1cccc(S(=O)(=O)N(C)C)c1)OC. The van der Waals surface area contributed by atoms with Gasteiger partial charge >= 0.3 is 0 Å². The smallest absolute Gasteiger partial charge is 0.242 e. The van der Waals surface area contributed by atoms with Crippen LogP contribution in [-0.2, 0) is 31.8 Å². The zero-order valence-electron chi connectivity index (χ0n) is 17.9. The molecule has 0 amide bonds. The van der Waals surface area contributed by atoms with Crippen LogP contribution in [0.4, 0.5) is 0 Å². The molecule has 0 aliphatic rings. The monoisotopic (exact) mass is 462 g/mol. The molecule has 0 atom stereocenters. The molecule has 0 saturated heterocycles. The van der Waals surface area contributed by atoms with Crippen molar-refractivity contribution in [3.05, 3.63) is 60.2 Å². The second-order valence-electron chi connectivity index (χ2n) is 6.91. The van der Waals surface area contributed by atoms with Gasteiger partial charge in [-0.15, -0.1) is 10.2 Å². The van der Waals surface area contributed by atoms with Gasteiger partial charge in [0.1, 0.15) is 0 Å². The Morgan fingerprint density at radius 1 is 1.03 bits per heavy atom. The van der Waals surface area contributed by atoms with Crippen LogP contribution in [0.25, 0.3) is 11.4 Å². The van der Waals surface area contributed by atoms with E-state index in [1.807, 2.05) is 28.8 Å². The van der Waals surface area contributed by atoms with Gasteiger partial charge in [0.2, 0.25) is 10.0 Å². The Morgan fingerprint density at radius 3 is 2.39 bits per heavy atom. The molecular formula is C21H26N4O4S2. The largest absolute Gasteiger partial charge is 0.354 e. The summed E-state index contributed by atoms with van der Waals surface area (Å²) in [5, 5.41) is 9.42. The van der Waals surface area contributed by atoms with Gasteiger partial charge in [-0.1, -0.05) is 54.2 Å². The maximum atomic E-state index is 12.6. The molecule has 10 heteroatoms. The molecule has 0 spiro atoms. The van der Waals surface area contributed by atoms with E-state index < -0.39 is 16.3 Å². The second-order valence-corrected chi connectivity index (χ2v) is 10.0. The predicted octanol–water partition coefficient (Wildman–Crippen LogP) is 3.11. The number of methoxy groups -OCH3 is 2. The second kappa shape index (κ2) is 10.4. The highest BCUT2D eigenvalue weighted by Gasteiger charge is 2.22. The van der Waals surface area contributed by atoms with Gasteiger partial charge in [0.15, 0.2) is 17.3 Å². The number of hydrogen-bond donors (Lipinski definition) is 0. The lowest BCUT2D eigenvalue weighted by atomic mass is 10.2. The molecule has 31 heavy (non-hydrogen) atoms. The Kier molecular flexibility index (Phi) is 7.84. The summed E-state index contributed by atoms with van der Waals surface area (Å²) in [6.45, 7) is 0.358. The first-order chi connectivity index (χ1) is 14.9. The number of ether oxygens (including phenoxy) is 2. The van der Waals surface area contributed by atoms with E-state index >= 15 is 0 Å². The van der Waals surface area contributed by atoms with E-state index in [-0.39, 0.29) is 4.90 Å². The third-order valence-electron chi connectivity index (χ3n) is 4.66. The summed E-state index contributed by atoms with van der Waals surface area (Å²) in [4.78, 5) is 0.193. The van der Waals surface area contributed by atoms with Crippen LogP contribution in [0.15, 0.2) is 64.6 Å². The minimum absolute atomic E-state index is 0.193. The number of nitrogens with zero attached hydrogens (tertiary/aromatic N) is 4. The van der Waals surface area contributed by atoms with E-state index in [0.717, 1.165) is 11.3 Å². The zero-order chi connectivity index (χ0) is 22.4. The number of sulfonamides is 1. The highest BCUT2D eigenvalue weighted by molar-refractivity contribution is 7.98.